The molecule has 0 fully saturated rings. The largest absolute Gasteiger partial charge is 0.822 e. The van der Waals surface area contributed by atoms with Gasteiger partial charge in [-0.2, -0.15) is 7.82 Å². The van der Waals surface area contributed by atoms with Crippen molar-refractivity contribution in [1.29, 1.82) is 0 Å². The second-order valence-corrected chi connectivity index (χ2v) is 24.5. The molecular weight excluding hydrogens is 894 g/mol. The fraction of sp³-hybridized carbons (Fsp3) is 1.00. The Balaban J connectivity index is -0.000000451. The Morgan fingerprint density at radius 2 is 0.380 bits per heavy atom. The second-order valence-electron chi connectivity index (χ2n) is 23.6. The van der Waals surface area contributed by atoms with Crippen molar-refractivity contribution in [2.45, 2.75) is 353 Å². The molecule has 0 aliphatic rings. The number of hydrogen-bond donors (Lipinski definition) is 0. The molecule has 0 aliphatic carbocycles. The minimum absolute atomic E-state index is 0.504. The number of rotatable bonds is 45. The highest BCUT2D eigenvalue weighted by molar-refractivity contribution is 7.40. The van der Waals surface area contributed by atoms with Gasteiger partial charge in [0.2, 0.25) is 0 Å². The summed E-state index contributed by atoms with van der Waals surface area (Å²) in [7, 11) is -5.39. The van der Waals surface area contributed by atoms with Crippen LogP contribution in [0.2, 0.25) is 0 Å². The molecular formula is C63H138N3O4P. The number of unbranched alkanes of at least 4 members (excludes halogenated alkanes) is 12. The van der Waals surface area contributed by atoms with Crippen molar-refractivity contribution >= 4 is 7.82 Å². The maximum absolute atomic E-state index is 8.55. The van der Waals surface area contributed by atoms with Crippen LogP contribution >= 0.6 is 7.82 Å². The number of nitrogens with zero attached hydrogens (tertiary/aromatic N) is 3. The predicted octanol–water partition coefficient (Wildman–Crippen LogP) is 18.0. The van der Waals surface area contributed by atoms with Crippen molar-refractivity contribution in [3.05, 3.63) is 0 Å². The summed E-state index contributed by atoms with van der Waals surface area (Å²) < 4.78 is 12.8. The summed E-state index contributed by atoms with van der Waals surface area (Å²) in [4.78, 5) is 25.6. The van der Waals surface area contributed by atoms with Gasteiger partial charge in [-0.1, -0.05) is 200 Å². The van der Waals surface area contributed by atoms with E-state index in [0.717, 1.165) is 0 Å². The van der Waals surface area contributed by atoms with Crippen LogP contribution < -0.4 is 14.7 Å². The molecule has 3 atom stereocenters. The van der Waals surface area contributed by atoms with Crippen LogP contribution in [0.3, 0.4) is 0 Å². The van der Waals surface area contributed by atoms with E-state index in [1.54, 1.807) is 0 Å². The van der Waals surface area contributed by atoms with E-state index < -0.39 is 7.82 Å². The minimum atomic E-state index is -5.39. The van der Waals surface area contributed by atoms with Crippen LogP contribution in [-0.2, 0) is 4.57 Å². The van der Waals surface area contributed by atoms with Gasteiger partial charge in [0.1, 0.15) is 0 Å². The molecule has 0 aliphatic heterocycles. The van der Waals surface area contributed by atoms with Crippen LogP contribution in [0.5, 0.6) is 0 Å². The normalized spacial score (nSPS) is 14.8. The van der Waals surface area contributed by atoms with Crippen molar-refractivity contribution in [2.75, 3.05) is 58.9 Å². The average Bonchev–Trinajstić information content (AvgIpc) is 3.34. The third-order valence-corrected chi connectivity index (χ3v) is 17.5. The van der Waals surface area contributed by atoms with Gasteiger partial charge in [0, 0.05) is 38.5 Å². The fourth-order valence-corrected chi connectivity index (χ4v) is 12.7. The molecule has 0 amide bonds. The topological polar surface area (TPSA) is 86.2 Å². The molecule has 0 spiro atoms. The summed E-state index contributed by atoms with van der Waals surface area (Å²) in [5, 5.41) is 0. The Kier molecular flexibility index (Phi) is 51.5. The summed E-state index contributed by atoms with van der Waals surface area (Å²) in [6, 6.07) is 0. The van der Waals surface area contributed by atoms with Gasteiger partial charge in [-0.05, 0) is 97.8 Å². The van der Waals surface area contributed by atoms with Crippen LogP contribution in [0.15, 0.2) is 0 Å². The van der Waals surface area contributed by atoms with Gasteiger partial charge in [-0.25, -0.2) is 0 Å². The SMILES string of the molecule is CCCCC(C)(CCC)[N+](CCCC)(CCCC)CCCC.CCCCC(C)(CCC)[N+](CCCC)(CCCC)CCCC.CCCCC(C)(CCC)[N+](CCCC)(CCCC)CCCC.O=P([O-])([O-])[O-]. The van der Waals surface area contributed by atoms with Crippen LogP contribution in [0.4, 0.5) is 0 Å². The molecule has 0 radical (unpaired) electrons. The van der Waals surface area contributed by atoms with Crippen molar-refractivity contribution in [2.24, 2.45) is 0 Å². The van der Waals surface area contributed by atoms with Crippen molar-refractivity contribution in [1.82, 2.24) is 0 Å². The first kappa shape index (κ1) is 77.5. The van der Waals surface area contributed by atoms with Gasteiger partial charge in [0.05, 0.1) is 75.5 Å². The number of quaternary nitrogens is 3. The van der Waals surface area contributed by atoms with E-state index in [1.807, 2.05) is 0 Å². The van der Waals surface area contributed by atoms with E-state index in [2.05, 4.69) is 125 Å². The van der Waals surface area contributed by atoms with Crippen LogP contribution in [0, 0.1) is 0 Å². The van der Waals surface area contributed by atoms with E-state index in [4.69, 9.17) is 19.2 Å². The summed E-state index contributed by atoms with van der Waals surface area (Å²) in [5.74, 6) is 0. The molecule has 0 rings (SSSR count). The monoisotopic (exact) mass is 1030 g/mol. The highest BCUT2D eigenvalue weighted by Gasteiger charge is 2.47. The van der Waals surface area contributed by atoms with E-state index in [1.165, 1.54) is 284 Å². The third-order valence-electron chi connectivity index (χ3n) is 17.5. The Bertz CT molecular complexity index is 969. The molecule has 0 bridgehead atoms. The smallest absolute Gasteiger partial charge is 0.0963 e. The van der Waals surface area contributed by atoms with Gasteiger partial charge >= 0.3 is 0 Å². The van der Waals surface area contributed by atoms with Crippen LogP contribution in [0.1, 0.15) is 337 Å². The van der Waals surface area contributed by atoms with Gasteiger partial charge in [0.15, 0.2) is 0 Å². The van der Waals surface area contributed by atoms with Crippen LogP contribution in [-0.4, -0.2) is 89.0 Å². The van der Waals surface area contributed by atoms with Crippen molar-refractivity contribution in [3.63, 3.8) is 0 Å². The number of phosphoric acid groups is 1. The molecule has 71 heavy (non-hydrogen) atoms. The molecule has 3 unspecified atom stereocenters. The zero-order valence-electron chi connectivity index (χ0n) is 52.6. The minimum Gasteiger partial charge on any atom is -0.822 e. The summed E-state index contributed by atoms with van der Waals surface area (Å²) in [6.07, 6.45) is 45.4. The highest BCUT2D eigenvalue weighted by atomic mass is 31.2. The highest BCUT2D eigenvalue weighted by Crippen LogP contribution is 2.39. The van der Waals surface area contributed by atoms with Gasteiger partial charge in [-0.15, -0.1) is 0 Å². The van der Waals surface area contributed by atoms with Gasteiger partial charge < -0.3 is 32.7 Å². The first-order chi connectivity index (χ1) is 33.7. The van der Waals surface area contributed by atoms with Gasteiger partial charge in [-0.3, -0.25) is 0 Å². The first-order valence-electron chi connectivity index (χ1n) is 32.0. The lowest BCUT2D eigenvalue weighted by Gasteiger charge is -2.53. The first-order valence-corrected chi connectivity index (χ1v) is 33.4. The molecule has 0 heterocycles. The van der Waals surface area contributed by atoms with E-state index >= 15 is 0 Å². The number of hydrogen-bond acceptors (Lipinski definition) is 4. The summed E-state index contributed by atoms with van der Waals surface area (Å²) in [5.41, 5.74) is 1.51. The zero-order valence-corrected chi connectivity index (χ0v) is 53.5. The zero-order chi connectivity index (χ0) is 55.2. The second kappa shape index (κ2) is 47.2. The Morgan fingerprint density at radius 3 is 0.479 bits per heavy atom. The van der Waals surface area contributed by atoms with E-state index in [9.17, 15) is 0 Å². The molecule has 0 N–H and O–H groups in total. The lowest BCUT2D eigenvalue weighted by molar-refractivity contribution is -0.976. The lowest BCUT2D eigenvalue weighted by atomic mass is 9.83. The van der Waals surface area contributed by atoms with Crippen LogP contribution in [0.25, 0.3) is 0 Å². The summed E-state index contributed by atoms with van der Waals surface area (Å²) >= 11 is 0. The Labute approximate surface area is 450 Å². The molecule has 0 aromatic rings. The molecule has 7 nitrogen and oxygen atoms in total. The van der Waals surface area contributed by atoms with Gasteiger partial charge in [0.25, 0.3) is 0 Å². The molecule has 434 valence electrons. The molecule has 0 aromatic heterocycles. The maximum Gasteiger partial charge on any atom is 0.0963 e. The summed E-state index contributed by atoms with van der Waals surface area (Å²) in [6.45, 7) is 56.1. The standard InChI is InChI=1S/3C21H46N.H3O4P/c3*1-7-12-17-21(6,16-11-5)22(18-13-8-2,19-14-9-3)20-15-10-4;1-5(2,3)4/h3*7-20H2,1-6H3;(H3,1,2,3,4)/q3*+1;/p-3. The molecule has 0 saturated heterocycles. The van der Waals surface area contributed by atoms with E-state index in [-0.39, 0.29) is 0 Å². The Hall–Kier alpha value is -0.0100. The molecule has 0 aromatic carbocycles. The third kappa shape index (κ3) is 33.0. The fourth-order valence-electron chi connectivity index (χ4n) is 12.7. The predicted molar refractivity (Wildman–Crippen MR) is 315 cm³/mol. The van der Waals surface area contributed by atoms with E-state index in [0.29, 0.717) is 16.6 Å². The van der Waals surface area contributed by atoms with Crippen molar-refractivity contribution in [3.8, 4) is 0 Å². The molecule has 8 heteroatoms. The average molecular weight is 1030 g/mol. The molecule has 0 saturated carbocycles. The van der Waals surface area contributed by atoms with Crippen molar-refractivity contribution < 1.29 is 32.7 Å². The maximum atomic E-state index is 8.55. The quantitative estimate of drug-likeness (QED) is 0.0449. The Morgan fingerprint density at radius 1 is 0.254 bits per heavy atom. The lowest BCUT2D eigenvalue weighted by Crippen LogP contribution is -2.64.